The third kappa shape index (κ3) is 2.71. The summed E-state index contributed by atoms with van der Waals surface area (Å²) in [5, 5.41) is 0. The molecule has 3 rings (SSSR count). The molecule has 2 heterocycles. The number of aromatic nitrogens is 1. The molecule has 2 aromatic rings. The van der Waals surface area contributed by atoms with Crippen molar-refractivity contribution in [1.82, 2.24) is 0 Å². The van der Waals surface area contributed by atoms with Gasteiger partial charge in [0.25, 0.3) is 0 Å². The Hall–Kier alpha value is -1.63. The minimum atomic E-state index is 0.156. The molecule has 0 saturated heterocycles. The summed E-state index contributed by atoms with van der Waals surface area (Å²) >= 11 is 0. The lowest BCUT2D eigenvalue weighted by Crippen LogP contribution is -2.69. The Labute approximate surface area is 160 Å². The fourth-order valence-electron chi connectivity index (χ4n) is 5.43. The second kappa shape index (κ2) is 7.55. The van der Waals surface area contributed by atoms with Crippen LogP contribution in [0.1, 0.15) is 84.3 Å². The lowest BCUT2D eigenvalue weighted by Gasteiger charge is -2.48. The SMILES string of the molecule is CCCCc1cc[n+]2c(c1)-c1ccccc1C(C)(CC)C2(CC)CCC. The van der Waals surface area contributed by atoms with Crippen LogP contribution in [-0.4, -0.2) is 0 Å². The second-order valence-electron chi connectivity index (χ2n) is 8.26. The first kappa shape index (κ1) is 19.1. The molecule has 0 amide bonds. The van der Waals surface area contributed by atoms with Crippen molar-refractivity contribution in [3.8, 4) is 11.3 Å². The quantitative estimate of drug-likeness (QED) is 0.497. The van der Waals surface area contributed by atoms with E-state index in [0.717, 1.165) is 0 Å². The molecule has 0 saturated carbocycles. The van der Waals surface area contributed by atoms with Gasteiger partial charge in [-0.05, 0) is 49.8 Å². The van der Waals surface area contributed by atoms with Crippen molar-refractivity contribution in [3.63, 3.8) is 0 Å². The van der Waals surface area contributed by atoms with Crippen LogP contribution >= 0.6 is 0 Å². The van der Waals surface area contributed by atoms with E-state index >= 15 is 0 Å². The number of hydrogen-bond donors (Lipinski definition) is 0. The molecule has 2 unspecified atom stereocenters. The summed E-state index contributed by atoms with van der Waals surface area (Å²) < 4.78 is 2.65. The minimum Gasteiger partial charge on any atom is -0.192 e. The predicted molar refractivity (Wildman–Crippen MR) is 112 cm³/mol. The van der Waals surface area contributed by atoms with E-state index in [1.54, 1.807) is 5.56 Å². The van der Waals surface area contributed by atoms with Gasteiger partial charge in [0.05, 0.1) is 11.0 Å². The Morgan fingerprint density at radius 1 is 0.923 bits per heavy atom. The zero-order chi connectivity index (χ0) is 18.8. The first-order valence-corrected chi connectivity index (χ1v) is 10.7. The Morgan fingerprint density at radius 2 is 1.69 bits per heavy atom. The Bertz CT molecular complexity index is 762. The van der Waals surface area contributed by atoms with Crippen molar-refractivity contribution in [2.45, 2.75) is 90.5 Å². The monoisotopic (exact) mass is 350 g/mol. The molecular weight excluding hydrogens is 314 g/mol. The van der Waals surface area contributed by atoms with Crippen LogP contribution in [0.4, 0.5) is 0 Å². The van der Waals surface area contributed by atoms with Gasteiger partial charge in [-0.3, -0.25) is 0 Å². The van der Waals surface area contributed by atoms with E-state index in [1.165, 1.54) is 61.8 Å². The number of pyridine rings is 1. The third-order valence-electron chi connectivity index (χ3n) is 7.08. The van der Waals surface area contributed by atoms with Gasteiger partial charge in [-0.2, -0.15) is 4.57 Å². The zero-order valence-electron chi connectivity index (χ0n) is 17.4. The van der Waals surface area contributed by atoms with Gasteiger partial charge in [0.1, 0.15) is 0 Å². The number of benzene rings is 1. The van der Waals surface area contributed by atoms with Crippen molar-refractivity contribution in [2.24, 2.45) is 0 Å². The van der Waals surface area contributed by atoms with Crippen LogP contribution in [0, 0.1) is 0 Å². The second-order valence-corrected chi connectivity index (χ2v) is 8.26. The predicted octanol–water partition coefficient (Wildman–Crippen LogP) is 6.57. The summed E-state index contributed by atoms with van der Waals surface area (Å²) in [6.45, 7) is 11.9. The highest BCUT2D eigenvalue weighted by Gasteiger charge is 2.58. The standard InChI is InChI=1S/C25H36N/c1-6-10-13-20-16-18-26-23(19-20)21-14-11-12-15-22(21)24(5,8-3)25(26,9-4)17-7-2/h11-12,14-16,18-19H,6-10,13,17H2,1-5H3/q+1. The molecule has 0 radical (unpaired) electrons. The van der Waals surface area contributed by atoms with Crippen molar-refractivity contribution in [3.05, 3.63) is 53.7 Å². The highest BCUT2D eigenvalue weighted by molar-refractivity contribution is 5.65. The molecule has 2 atom stereocenters. The number of hydrogen-bond acceptors (Lipinski definition) is 0. The van der Waals surface area contributed by atoms with Gasteiger partial charge in [-0.15, -0.1) is 0 Å². The maximum atomic E-state index is 2.65. The molecule has 26 heavy (non-hydrogen) atoms. The maximum absolute atomic E-state index is 2.65. The lowest BCUT2D eigenvalue weighted by molar-refractivity contribution is -0.770. The number of rotatable bonds is 7. The molecule has 1 nitrogen and oxygen atoms in total. The lowest BCUT2D eigenvalue weighted by atomic mass is 9.58. The summed E-state index contributed by atoms with van der Waals surface area (Å²) in [4.78, 5) is 0. The van der Waals surface area contributed by atoms with Crippen LogP contribution in [0.15, 0.2) is 42.6 Å². The highest BCUT2D eigenvalue weighted by atomic mass is 15.1. The largest absolute Gasteiger partial charge is 0.213 e. The average Bonchev–Trinajstić information content (AvgIpc) is 2.69. The van der Waals surface area contributed by atoms with Gasteiger partial charge < -0.3 is 0 Å². The summed E-state index contributed by atoms with van der Waals surface area (Å²) in [6.07, 6.45) is 10.9. The van der Waals surface area contributed by atoms with Crippen LogP contribution in [0.2, 0.25) is 0 Å². The van der Waals surface area contributed by atoms with Gasteiger partial charge in [0, 0.05) is 25.0 Å². The molecule has 1 aromatic heterocycles. The van der Waals surface area contributed by atoms with E-state index in [0.29, 0.717) is 0 Å². The van der Waals surface area contributed by atoms with Gasteiger partial charge >= 0.3 is 0 Å². The fourth-order valence-corrected chi connectivity index (χ4v) is 5.43. The van der Waals surface area contributed by atoms with Gasteiger partial charge in [0.2, 0.25) is 5.69 Å². The molecule has 1 aromatic carbocycles. The van der Waals surface area contributed by atoms with Crippen molar-refractivity contribution in [1.29, 1.82) is 0 Å². The average molecular weight is 351 g/mol. The summed E-state index contributed by atoms with van der Waals surface area (Å²) in [6, 6.07) is 14.0. The molecule has 0 bridgehead atoms. The van der Waals surface area contributed by atoms with Crippen molar-refractivity contribution < 1.29 is 4.57 Å². The number of nitrogens with zero attached hydrogens (tertiary/aromatic N) is 1. The molecule has 1 aliphatic heterocycles. The van der Waals surface area contributed by atoms with Gasteiger partial charge in [-0.1, -0.05) is 52.3 Å². The van der Waals surface area contributed by atoms with E-state index < -0.39 is 0 Å². The summed E-state index contributed by atoms with van der Waals surface area (Å²) in [5.74, 6) is 0. The summed E-state index contributed by atoms with van der Waals surface area (Å²) in [5.41, 5.74) is 6.21. The van der Waals surface area contributed by atoms with Crippen LogP contribution in [-0.2, 0) is 17.4 Å². The molecular formula is C25H36N+. The van der Waals surface area contributed by atoms with E-state index in [9.17, 15) is 0 Å². The molecule has 0 aliphatic carbocycles. The molecule has 1 heteroatoms. The van der Waals surface area contributed by atoms with Crippen molar-refractivity contribution in [2.75, 3.05) is 0 Å². The molecule has 1 aliphatic rings. The highest BCUT2D eigenvalue weighted by Crippen LogP contribution is 2.51. The van der Waals surface area contributed by atoms with Crippen LogP contribution < -0.4 is 4.57 Å². The first-order chi connectivity index (χ1) is 12.6. The third-order valence-corrected chi connectivity index (χ3v) is 7.08. The number of aryl methyl sites for hydroxylation is 1. The topological polar surface area (TPSA) is 3.88 Å². The van der Waals surface area contributed by atoms with E-state index in [2.05, 4.69) is 81.8 Å². The number of fused-ring (bicyclic) bond motifs is 3. The number of unbranched alkanes of at least 4 members (excludes halogenated alkanes) is 1. The molecule has 0 spiro atoms. The normalized spacial score (nSPS) is 24.2. The van der Waals surface area contributed by atoms with Gasteiger partial charge in [0.15, 0.2) is 11.7 Å². The minimum absolute atomic E-state index is 0.156. The van der Waals surface area contributed by atoms with Gasteiger partial charge in [-0.25, -0.2) is 0 Å². The van der Waals surface area contributed by atoms with Crippen LogP contribution in [0.3, 0.4) is 0 Å². The van der Waals surface area contributed by atoms with E-state index in [4.69, 9.17) is 0 Å². The van der Waals surface area contributed by atoms with E-state index in [-0.39, 0.29) is 11.0 Å². The fraction of sp³-hybridized carbons (Fsp3) is 0.560. The first-order valence-electron chi connectivity index (χ1n) is 10.7. The Balaban J connectivity index is 2.29. The molecule has 140 valence electrons. The van der Waals surface area contributed by atoms with E-state index in [1.807, 2.05) is 0 Å². The Morgan fingerprint density at radius 3 is 2.35 bits per heavy atom. The summed E-state index contributed by atoms with van der Waals surface area (Å²) in [7, 11) is 0. The molecule has 0 fully saturated rings. The maximum Gasteiger partial charge on any atom is 0.213 e. The van der Waals surface area contributed by atoms with Crippen molar-refractivity contribution >= 4 is 0 Å². The Kier molecular flexibility index (Phi) is 5.55. The van der Waals surface area contributed by atoms with Crippen LogP contribution in [0.25, 0.3) is 11.3 Å². The smallest absolute Gasteiger partial charge is 0.192 e. The zero-order valence-corrected chi connectivity index (χ0v) is 17.4. The molecule has 0 N–H and O–H groups in total. The van der Waals surface area contributed by atoms with Crippen LogP contribution in [0.5, 0.6) is 0 Å².